The van der Waals surface area contributed by atoms with Crippen LogP contribution in [0.3, 0.4) is 0 Å². The molecule has 0 amide bonds. The minimum absolute atomic E-state index is 0.00126. The molecule has 3 nitrogen and oxygen atoms in total. The van der Waals surface area contributed by atoms with E-state index < -0.39 is 10.8 Å². The molecule has 1 atom stereocenters. The molecule has 0 heterocycles. The smallest absolute Gasteiger partial charge is 0.122 e. The van der Waals surface area contributed by atoms with Crippen LogP contribution in [0, 0.1) is 0 Å². The van der Waals surface area contributed by atoms with Gasteiger partial charge < -0.3 is 9.84 Å². The average Bonchev–Trinajstić information content (AvgIpc) is 2.30. The van der Waals surface area contributed by atoms with Crippen LogP contribution in [0.15, 0.2) is 24.3 Å². The molecule has 1 N–H and O–H groups in total. The Kier molecular flexibility index (Phi) is 6.11. The molecule has 1 rings (SSSR count). The van der Waals surface area contributed by atoms with Gasteiger partial charge in [-0.1, -0.05) is 18.2 Å². The Hall–Kier alpha value is -0.870. The lowest BCUT2D eigenvalue weighted by atomic mass is 10.1. The highest BCUT2D eigenvalue weighted by molar-refractivity contribution is 7.84. The van der Waals surface area contributed by atoms with Gasteiger partial charge in [0.1, 0.15) is 5.75 Å². The number of rotatable bonds is 7. The van der Waals surface area contributed by atoms with Crippen molar-refractivity contribution in [2.24, 2.45) is 0 Å². The number of hydrogen-bond acceptors (Lipinski definition) is 3. The fourth-order valence-electron chi connectivity index (χ4n) is 1.54. The summed E-state index contributed by atoms with van der Waals surface area (Å²) in [6.07, 6.45) is 1.72. The third kappa shape index (κ3) is 4.33. The molecule has 0 saturated heterocycles. The van der Waals surface area contributed by atoms with Crippen molar-refractivity contribution in [3.05, 3.63) is 29.8 Å². The molecule has 0 aliphatic rings. The summed E-state index contributed by atoms with van der Waals surface area (Å²) in [5, 5.41) is 8.62. The lowest BCUT2D eigenvalue weighted by Crippen LogP contribution is -2.07. The Morgan fingerprint density at radius 2 is 2.06 bits per heavy atom. The number of aryl methyl sites for hydroxylation is 1. The van der Waals surface area contributed by atoms with Crippen molar-refractivity contribution in [1.29, 1.82) is 0 Å². The number of ether oxygens (including phenoxy) is 1. The largest absolute Gasteiger partial charge is 0.496 e. The maximum atomic E-state index is 11.3. The van der Waals surface area contributed by atoms with Crippen molar-refractivity contribution in [3.8, 4) is 5.75 Å². The SMILES string of the molecule is COc1ccccc1CCCS(=O)CCO. The molecule has 16 heavy (non-hydrogen) atoms. The average molecular weight is 242 g/mol. The van der Waals surface area contributed by atoms with Crippen LogP contribution in [-0.4, -0.2) is 34.5 Å². The van der Waals surface area contributed by atoms with Crippen molar-refractivity contribution in [3.63, 3.8) is 0 Å². The van der Waals surface area contributed by atoms with Gasteiger partial charge in [0.05, 0.1) is 13.7 Å². The number of methoxy groups -OCH3 is 1. The molecule has 0 fully saturated rings. The fraction of sp³-hybridized carbons (Fsp3) is 0.500. The van der Waals surface area contributed by atoms with Crippen LogP contribution in [0.5, 0.6) is 5.75 Å². The molecule has 0 radical (unpaired) electrons. The molecular formula is C12H18O3S. The monoisotopic (exact) mass is 242 g/mol. The third-order valence-corrected chi connectivity index (χ3v) is 3.71. The van der Waals surface area contributed by atoms with Gasteiger partial charge in [-0.3, -0.25) is 4.21 Å². The van der Waals surface area contributed by atoms with E-state index in [1.165, 1.54) is 0 Å². The first-order valence-electron chi connectivity index (χ1n) is 5.35. The summed E-state index contributed by atoms with van der Waals surface area (Å²) in [6.45, 7) is 0.00126. The van der Waals surface area contributed by atoms with Gasteiger partial charge in [-0.15, -0.1) is 0 Å². The second-order valence-electron chi connectivity index (χ2n) is 3.49. The summed E-state index contributed by atoms with van der Waals surface area (Å²) >= 11 is 0. The number of para-hydroxylation sites is 1. The Labute approximate surface area is 98.9 Å². The van der Waals surface area contributed by atoms with E-state index >= 15 is 0 Å². The summed E-state index contributed by atoms with van der Waals surface area (Å²) < 4.78 is 16.5. The van der Waals surface area contributed by atoms with Gasteiger partial charge in [-0.25, -0.2) is 0 Å². The molecule has 0 bridgehead atoms. The standard InChI is InChI=1S/C12H18O3S/c1-15-12-7-3-2-5-11(12)6-4-9-16(14)10-8-13/h2-3,5,7,13H,4,6,8-10H2,1H3. The van der Waals surface area contributed by atoms with Crippen LogP contribution in [0.25, 0.3) is 0 Å². The van der Waals surface area contributed by atoms with Crippen LogP contribution in [-0.2, 0) is 17.2 Å². The zero-order valence-electron chi connectivity index (χ0n) is 9.52. The molecular weight excluding hydrogens is 224 g/mol. The summed E-state index contributed by atoms with van der Waals surface area (Å²) in [6, 6.07) is 7.86. The van der Waals surface area contributed by atoms with Crippen LogP contribution >= 0.6 is 0 Å². The van der Waals surface area contributed by atoms with Gasteiger partial charge in [-0.05, 0) is 24.5 Å². The van der Waals surface area contributed by atoms with Crippen molar-refractivity contribution < 1.29 is 14.1 Å². The number of aliphatic hydroxyl groups is 1. The minimum Gasteiger partial charge on any atom is -0.496 e. The third-order valence-electron chi connectivity index (χ3n) is 2.33. The van der Waals surface area contributed by atoms with Crippen LogP contribution in [0.1, 0.15) is 12.0 Å². The molecule has 1 aromatic rings. The van der Waals surface area contributed by atoms with Crippen LogP contribution in [0.2, 0.25) is 0 Å². The number of benzene rings is 1. The first kappa shape index (κ1) is 13.2. The maximum absolute atomic E-state index is 11.3. The van der Waals surface area contributed by atoms with Crippen LogP contribution in [0.4, 0.5) is 0 Å². The van der Waals surface area contributed by atoms with E-state index in [0.29, 0.717) is 11.5 Å². The maximum Gasteiger partial charge on any atom is 0.122 e. The van der Waals surface area contributed by atoms with E-state index in [9.17, 15) is 4.21 Å². The zero-order valence-corrected chi connectivity index (χ0v) is 10.3. The quantitative estimate of drug-likeness (QED) is 0.785. The summed E-state index contributed by atoms with van der Waals surface area (Å²) in [7, 11) is 0.762. The molecule has 0 aliphatic carbocycles. The van der Waals surface area contributed by atoms with E-state index in [-0.39, 0.29) is 6.61 Å². The van der Waals surface area contributed by atoms with E-state index in [0.717, 1.165) is 24.2 Å². The van der Waals surface area contributed by atoms with Crippen molar-refractivity contribution in [2.75, 3.05) is 25.2 Å². The van der Waals surface area contributed by atoms with Gasteiger partial charge in [0.25, 0.3) is 0 Å². The second-order valence-corrected chi connectivity index (χ2v) is 5.18. The second kappa shape index (κ2) is 7.41. The number of aliphatic hydroxyl groups excluding tert-OH is 1. The molecule has 0 aliphatic heterocycles. The van der Waals surface area contributed by atoms with E-state index in [4.69, 9.17) is 9.84 Å². The van der Waals surface area contributed by atoms with Gasteiger partial charge in [0.2, 0.25) is 0 Å². The molecule has 0 saturated carbocycles. The Morgan fingerprint density at radius 3 is 2.75 bits per heavy atom. The fourth-order valence-corrected chi connectivity index (χ4v) is 2.41. The lowest BCUT2D eigenvalue weighted by Gasteiger charge is -2.07. The molecule has 1 unspecified atom stereocenters. The van der Waals surface area contributed by atoms with Gasteiger partial charge >= 0.3 is 0 Å². The molecule has 0 spiro atoms. The first-order chi connectivity index (χ1) is 7.77. The highest BCUT2D eigenvalue weighted by atomic mass is 32.2. The molecule has 4 heteroatoms. The molecule has 1 aromatic carbocycles. The molecule has 90 valence electrons. The van der Waals surface area contributed by atoms with Crippen molar-refractivity contribution in [1.82, 2.24) is 0 Å². The van der Waals surface area contributed by atoms with E-state index in [1.54, 1.807) is 7.11 Å². The van der Waals surface area contributed by atoms with Gasteiger partial charge in [-0.2, -0.15) is 0 Å². The number of hydrogen-bond donors (Lipinski definition) is 1. The van der Waals surface area contributed by atoms with Gasteiger partial charge in [0, 0.05) is 22.3 Å². The highest BCUT2D eigenvalue weighted by Crippen LogP contribution is 2.18. The van der Waals surface area contributed by atoms with E-state index in [2.05, 4.69) is 0 Å². The Balaban J connectivity index is 2.39. The van der Waals surface area contributed by atoms with Crippen molar-refractivity contribution >= 4 is 10.8 Å². The predicted molar refractivity (Wildman–Crippen MR) is 66.3 cm³/mol. The first-order valence-corrected chi connectivity index (χ1v) is 6.84. The summed E-state index contributed by atoms with van der Waals surface area (Å²) in [5.74, 6) is 1.90. The summed E-state index contributed by atoms with van der Waals surface area (Å²) in [4.78, 5) is 0. The summed E-state index contributed by atoms with van der Waals surface area (Å²) in [5.41, 5.74) is 1.14. The molecule has 0 aromatic heterocycles. The van der Waals surface area contributed by atoms with E-state index in [1.807, 2.05) is 24.3 Å². The van der Waals surface area contributed by atoms with Crippen LogP contribution < -0.4 is 4.74 Å². The zero-order chi connectivity index (χ0) is 11.8. The minimum atomic E-state index is -0.893. The van der Waals surface area contributed by atoms with Crippen molar-refractivity contribution in [2.45, 2.75) is 12.8 Å². The normalized spacial score (nSPS) is 12.4. The lowest BCUT2D eigenvalue weighted by molar-refractivity contribution is 0.321. The Morgan fingerprint density at radius 1 is 1.31 bits per heavy atom. The topological polar surface area (TPSA) is 46.5 Å². The Bertz CT molecular complexity index is 339. The predicted octanol–water partition coefficient (Wildman–Crippen LogP) is 1.37. The van der Waals surface area contributed by atoms with Gasteiger partial charge in [0.15, 0.2) is 0 Å². The highest BCUT2D eigenvalue weighted by Gasteiger charge is 2.03.